The molecule has 2 aliphatic rings. The van der Waals surface area contributed by atoms with E-state index in [-0.39, 0.29) is 24.1 Å². The van der Waals surface area contributed by atoms with Crippen LogP contribution in [-0.4, -0.2) is 54.9 Å². The van der Waals surface area contributed by atoms with Gasteiger partial charge in [-0.25, -0.2) is 0 Å². The van der Waals surface area contributed by atoms with Gasteiger partial charge in [-0.05, 0) is 121 Å². The van der Waals surface area contributed by atoms with Crippen molar-refractivity contribution in [3.63, 3.8) is 0 Å². The number of allylic oxidation sites excluding steroid dienone is 1. The second-order valence-corrected chi connectivity index (χ2v) is 11.6. The molecule has 1 fully saturated rings. The summed E-state index contributed by atoms with van der Waals surface area (Å²) >= 11 is 0. The van der Waals surface area contributed by atoms with E-state index in [9.17, 15) is 18.3 Å². The smallest absolute Gasteiger partial charge is 0.302 e. The third kappa shape index (κ3) is 7.63. The maximum absolute atomic E-state index is 14.0. The second kappa shape index (κ2) is 13.7. The first-order valence-electron chi connectivity index (χ1n) is 15.1. The van der Waals surface area contributed by atoms with Crippen molar-refractivity contribution >= 4 is 11.1 Å². The minimum atomic E-state index is -3.09. The number of alkyl halides is 3. The molecule has 5 rings (SSSR count). The third-order valence-corrected chi connectivity index (χ3v) is 8.37. The van der Waals surface area contributed by atoms with E-state index >= 15 is 0 Å². The van der Waals surface area contributed by atoms with E-state index in [1.54, 1.807) is 18.2 Å². The predicted octanol–water partition coefficient (Wildman–Crippen LogP) is 8.48. The van der Waals surface area contributed by atoms with Crippen LogP contribution in [0.5, 0.6) is 17.2 Å². The first kappa shape index (κ1) is 30.7. The van der Waals surface area contributed by atoms with E-state index < -0.39 is 12.5 Å². The Balaban J connectivity index is 1.40. The summed E-state index contributed by atoms with van der Waals surface area (Å²) in [6, 6.07) is 21.0. The Bertz CT molecular complexity index is 1430. The topological polar surface area (TPSA) is 41.9 Å². The van der Waals surface area contributed by atoms with Crippen molar-refractivity contribution in [2.24, 2.45) is 0 Å². The van der Waals surface area contributed by atoms with Gasteiger partial charge in [0.15, 0.2) is 6.61 Å². The molecule has 43 heavy (non-hydrogen) atoms. The van der Waals surface area contributed by atoms with Gasteiger partial charge in [-0.1, -0.05) is 36.9 Å². The Morgan fingerprint density at radius 1 is 0.953 bits per heavy atom. The van der Waals surface area contributed by atoms with Crippen molar-refractivity contribution in [1.29, 1.82) is 0 Å². The van der Waals surface area contributed by atoms with Gasteiger partial charge in [0.1, 0.15) is 23.4 Å². The molecule has 1 saturated heterocycles. The molecule has 228 valence electrons. The zero-order valence-corrected chi connectivity index (χ0v) is 24.8. The first-order valence-corrected chi connectivity index (χ1v) is 15.1. The fourth-order valence-electron chi connectivity index (χ4n) is 5.87. The quantitative estimate of drug-likeness (QED) is 0.227. The number of phenols is 1. The maximum atomic E-state index is 14.0. The van der Waals surface area contributed by atoms with Gasteiger partial charge >= 0.3 is 5.92 Å². The summed E-state index contributed by atoms with van der Waals surface area (Å²) < 4.78 is 52.2. The molecule has 3 aromatic carbocycles. The maximum Gasteiger partial charge on any atom is 0.302 e. The molecule has 1 aliphatic heterocycles. The SMILES string of the molecule is C=C(C)C(F)(F)COc1ccc(C2=C(c3ccc(OC4CCN(CCCF)CC4)cc3)c3ccc(O)cc3CCC2)cc1. The molecule has 1 heterocycles. The molecule has 0 aromatic heterocycles. The number of hydrogen-bond acceptors (Lipinski definition) is 4. The van der Waals surface area contributed by atoms with Crippen molar-refractivity contribution in [2.45, 2.75) is 57.5 Å². The van der Waals surface area contributed by atoms with Crippen molar-refractivity contribution in [2.75, 3.05) is 32.9 Å². The van der Waals surface area contributed by atoms with Crippen LogP contribution >= 0.6 is 0 Å². The summed E-state index contributed by atoms with van der Waals surface area (Å²) in [7, 11) is 0. The average molecular weight is 592 g/mol. The number of phenolic OH excluding ortho intramolecular Hbond substituents is 1. The van der Waals surface area contributed by atoms with E-state index in [2.05, 4.69) is 23.6 Å². The lowest BCUT2D eigenvalue weighted by Crippen LogP contribution is -2.38. The van der Waals surface area contributed by atoms with Gasteiger partial charge in [-0.2, -0.15) is 8.78 Å². The van der Waals surface area contributed by atoms with Crippen LogP contribution in [0.3, 0.4) is 0 Å². The molecular weight excluding hydrogens is 551 g/mol. The number of aromatic hydroxyl groups is 1. The lowest BCUT2D eigenvalue weighted by molar-refractivity contribution is -0.00555. The summed E-state index contributed by atoms with van der Waals surface area (Å²) in [6.45, 7) is 6.27. The summed E-state index contributed by atoms with van der Waals surface area (Å²) in [5.41, 5.74) is 6.20. The third-order valence-electron chi connectivity index (χ3n) is 8.37. The van der Waals surface area contributed by atoms with Crippen LogP contribution in [0, 0.1) is 0 Å². The number of rotatable bonds is 11. The Morgan fingerprint density at radius 3 is 2.30 bits per heavy atom. The van der Waals surface area contributed by atoms with Crippen molar-refractivity contribution < 1.29 is 27.8 Å². The van der Waals surface area contributed by atoms with Gasteiger partial charge < -0.3 is 19.5 Å². The van der Waals surface area contributed by atoms with Gasteiger partial charge in [0, 0.05) is 19.6 Å². The van der Waals surface area contributed by atoms with Gasteiger partial charge in [0.25, 0.3) is 0 Å². The Labute approximate surface area is 252 Å². The Morgan fingerprint density at radius 2 is 1.63 bits per heavy atom. The number of aryl methyl sites for hydroxylation is 1. The molecule has 0 saturated carbocycles. The van der Waals surface area contributed by atoms with Crippen molar-refractivity contribution in [3.8, 4) is 17.2 Å². The number of hydrogen-bond donors (Lipinski definition) is 1. The minimum absolute atomic E-state index is 0.139. The molecule has 0 bridgehead atoms. The number of nitrogens with zero attached hydrogens (tertiary/aromatic N) is 1. The van der Waals surface area contributed by atoms with Crippen LogP contribution in [0.1, 0.15) is 61.3 Å². The summed E-state index contributed by atoms with van der Waals surface area (Å²) in [5.74, 6) is -1.65. The highest BCUT2D eigenvalue weighted by atomic mass is 19.3. The zero-order chi connectivity index (χ0) is 30.4. The molecule has 7 heteroatoms. The lowest BCUT2D eigenvalue weighted by Gasteiger charge is -2.32. The molecule has 1 N–H and O–H groups in total. The molecular formula is C36H40F3NO3. The first-order chi connectivity index (χ1) is 20.7. The van der Waals surface area contributed by atoms with Crippen LogP contribution in [0.15, 0.2) is 78.9 Å². The molecule has 0 amide bonds. The molecule has 0 radical (unpaired) electrons. The fraction of sp³-hybridized carbons (Fsp3) is 0.389. The van der Waals surface area contributed by atoms with Gasteiger partial charge in [-0.3, -0.25) is 4.39 Å². The Kier molecular flexibility index (Phi) is 9.81. The molecule has 1 aliphatic carbocycles. The van der Waals surface area contributed by atoms with Crippen LogP contribution in [0.25, 0.3) is 11.1 Å². The molecule has 0 spiro atoms. The predicted molar refractivity (Wildman–Crippen MR) is 166 cm³/mol. The highest BCUT2D eigenvalue weighted by Crippen LogP contribution is 2.41. The van der Waals surface area contributed by atoms with E-state index in [0.717, 1.165) is 90.9 Å². The van der Waals surface area contributed by atoms with Gasteiger partial charge in [0.2, 0.25) is 0 Å². The van der Waals surface area contributed by atoms with E-state index in [0.29, 0.717) is 12.2 Å². The average Bonchev–Trinajstić information content (AvgIpc) is 3.19. The van der Waals surface area contributed by atoms with E-state index in [4.69, 9.17) is 9.47 Å². The van der Waals surface area contributed by atoms with Crippen LogP contribution in [0.4, 0.5) is 13.2 Å². The van der Waals surface area contributed by atoms with Gasteiger partial charge in [0.05, 0.1) is 6.67 Å². The van der Waals surface area contributed by atoms with Crippen LogP contribution < -0.4 is 9.47 Å². The molecule has 4 nitrogen and oxygen atoms in total. The zero-order valence-electron chi connectivity index (χ0n) is 24.8. The number of ether oxygens (including phenoxy) is 2. The summed E-state index contributed by atoms with van der Waals surface area (Å²) in [6.07, 6.45) is 5.12. The van der Waals surface area contributed by atoms with Gasteiger partial charge in [-0.15, -0.1) is 0 Å². The fourth-order valence-corrected chi connectivity index (χ4v) is 5.87. The summed E-state index contributed by atoms with van der Waals surface area (Å²) in [5, 5.41) is 10.2. The monoisotopic (exact) mass is 591 g/mol. The van der Waals surface area contributed by atoms with Crippen molar-refractivity contribution in [1.82, 2.24) is 4.90 Å². The van der Waals surface area contributed by atoms with Crippen LogP contribution in [-0.2, 0) is 6.42 Å². The minimum Gasteiger partial charge on any atom is -0.508 e. The lowest BCUT2D eigenvalue weighted by atomic mass is 9.88. The second-order valence-electron chi connectivity index (χ2n) is 11.6. The normalized spacial score (nSPS) is 16.5. The number of likely N-dealkylation sites (tertiary alicyclic amines) is 1. The standard InChI is InChI=1S/C36H40F3NO3/c1-25(2)36(38,39)24-42-30-12-7-26(8-13-30)33-6-3-5-28-23-29(41)11-16-34(28)35(33)27-9-14-31(15-10-27)43-32-17-21-40(22-18-32)20-4-19-37/h7-16,23,32,41H,1,3-6,17-22,24H2,2H3. The number of piperidine rings is 1. The number of halogens is 3. The number of benzene rings is 3. The highest BCUT2D eigenvalue weighted by Gasteiger charge is 2.31. The highest BCUT2D eigenvalue weighted by molar-refractivity contribution is 6.00. The summed E-state index contributed by atoms with van der Waals surface area (Å²) in [4.78, 5) is 2.30. The number of fused-ring (bicyclic) bond motifs is 1. The largest absolute Gasteiger partial charge is 0.508 e. The molecule has 0 atom stereocenters. The Hall–Kier alpha value is -3.71. The molecule has 3 aromatic rings. The van der Waals surface area contributed by atoms with E-state index in [1.807, 2.05) is 36.4 Å². The van der Waals surface area contributed by atoms with Crippen molar-refractivity contribution in [3.05, 3.63) is 101 Å². The molecule has 0 unspecified atom stereocenters. The van der Waals surface area contributed by atoms with Crippen LogP contribution in [0.2, 0.25) is 0 Å². The van der Waals surface area contributed by atoms with E-state index in [1.165, 1.54) is 6.92 Å².